The summed E-state index contributed by atoms with van der Waals surface area (Å²) in [7, 11) is 0. The first-order valence-electron chi connectivity index (χ1n) is 7.18. The molecule has 0 radical (unpaired) electrons. The van der Waals surface area contributed by atoms with Crippen LogP contribution in [0.3, 0.4) is 0 Å². The fraction of sp³-hybridized carbons (Fsp3) is 0.500. The van der Waals surface area contributed by atoms with Gasteiger partial charge in [0.25, 0.3) is 5.91 Å². The lowest BCUT2D eigenvalue weighted by Crippen LogP contribution is -2.37. The maximum Gasteiger partial charge on any atom is 0.311 e. The summed E-state index contributed by atoms with van der Waals surface area (Å²) >= 11 is 0. The molecule has 1 aromatic carbocycles. The van der Waals surface area contributed by atoms with Crippen LogP contribution in [0.15, 0.2) is 18.2 Å². The predicted molar refractivity (Wildman–Crippen MR) is 76.6 cm³/mol. The number of amides is 1. The number of carbonyl (C=O) groups is 2. The molecule has 4 nitrogen and oxygen atoms in total. The van der Waals surface area contributed by atoms with Crippen LogP contribution >= 0.6 is 0 Å². The van der Waals surface area contributed by atoms with E-state index in [-0.39, 0.29) is 18.0 Å². The average Bonchev–Trinajstić information content (AvgIpc) is 2.83. The second-order valence-corrected chi connectivity index (χ2v) is 5.83. The highest BCUT2D eigenvalue weighted by molar-refractivity contribution is 5.95. The van der Waals surface area contributed by atoms with Gasteiger partial charge in [0.1, 0.15) is 5.82 Å². The van der Waals surface area contributed by atoms with Crippen LogP contribution in [-0.2, 0) is 4.79 Å². The summed E-state index contributed by atoms with van der Waals surface area (Å²) in [4.78, 5) is 25.5. The zero-order valence-electron chi connectivity index (χ0n) is 12.4. The Bertz CT molecular complexity index is 552. The summed E-state index contributed by atoms with van der Waals surface area (Å²) in [6.07, 6.45) is 1.76. The zero-order chi connectivity index (χ0) is 15.6. The maximum atomic E-state index is 13.4. The lowest BCUT2D eigenvalue weighted by atomic mass is 9.83. The molecule has 0 aliphatic carbocycles. The van der Waals surface area contributed by atoms with Crippen molar-refractivity contribution in [1.82, 2.24) is 4.90 Å². The van der Waals surface area contributed by atoms with E-state index in [2.05, 4.69) is 0 Å². The number of benzene rings is 1. The average molecular weight is 293 g/mol. The van der Waals surface area contributed by atoms with Crippen molar-refractivity contribution < 1.29 is 19.1 Å². The first kappa shape index (κ1) is 15.5. The molecule has 21 heavy (non-hydrogen) atoms. The van der Waals surface area contributed by atoms with Crippen molar-refractivity contribution in [2.75, 3.05) is 13.1 Å². The number of hydrogen-bond acceptors (Lipinski definition) is 2. The summed E-state index contributed by atoms with van der Waals surface area (Å²) in [5, 5.41) is 9.46. The van der Waals surface area contributed by atoms with E-state index in [1.165, 1.54) is 17.0 Å². The Morgan fingerprint density at radius 2 is 2.10 bits per heavy atom. The van der Waals surface area contributed by atoms with E-state index in [0.717, 1.165) is 6.42 Å². The van der Waals surface area contributed by atoms with Crippen LogP contribution in [0.4, 0.5) is 4.39 Å². The van der Waals surface area contributed by atoms with Gasteiger partial charge in [0, 0.05) is 18.7 Å². The van der Waals surface area contributed by atoms with Gasteiger partial charge >= 0.3 is 5.97 Å². The molecule has 0 saturated carbocycles. The van der Waals surface area contributed by atoms with Crippen LogP contribution in [0.5, 0.6) is 0 Å². The standard InChI is InChI=1S/C16H20FNO3/c1-3-4-16(15(20)21)5-6-18(10-16)14(19)12-7-11(2)8-13(17)9-12/h7-9H,3-6,10H2,1-2H3,(H,20,21). The van der Waals surface area contributed by atoms with Gasteiger partial charge in [0.2, 0.25) is 0 Å². The Labute approximate surface area is 123 Å². The van der Waals surface area contributed by atoms with E-state index in [1.807, 2.05) is 6.92 Å². The topological polar surface area (TPSA) is 57.6 Å². The molecule has 1 unspecified atom stereocenters. The van der Waals surface area contributed by atoms with Crippen LogP contribution in [0.25, 0.3) is 0 Å². The normalized spacial score (nSPS) is 21.6. The molecule has 1 saturated heterocycles. The van der Waals surface area contributed by atoms with Gasteiger partial charge in [-0.2, -0.15) is 0 Å². The number of carboxylic acid groups (broad SMARTS) is 1. The Morgan fingerprint density at radius 3 is 2.67 bits per heavy atom. The van der Waals surface area contributed by atoms with Crippen LogP contribution in [0.2, 0.25) is 0 Å². The number of aliphatic carboxylic acids is 1. The van der Waals surface area contributed by atoms with Crippen LogP contribution in [0.1, 0.15) is 42.1 Å². The molecule has 0 aromatic heterocycles. The highest BCUT2D eigenvalue weighted by Gasteiger charge is 2.45. The quantitative estimate of drug-likeness (QED) is 0.928. The fourth-order valence-corrected chi connectivity index (χ4v) is 3.05. The first-order valence-corrected chi connectivity index (χ1v) is 7.18. The Kier molecular flexibility index (Phi) is 4.30. The van der Waals surface area contributed by atoms with Crippen LogP contribution < -0.4 is 0 Å². The predicted octanol–water partition coefficient (Wildman–Crippen LogP) is 2.85. The highest BCUT2D eigenvalue weighted by atomic mass is 19.1. The lowest BCUT2D eigenvalue weighted by Gasteiger charge is -2.24. The monoisotopic (exact) mass is 293 g/mol. The highest BCUT2D eigenvalue weighted by Crippen LogP contribution is 2.36. The van der Waals surface area contributed by atoms with Gasteiger partial charge in [-0.25, -0.2) is 4.39 Å². The van der Waals surface area contributed by atoms with E-state index in [1.54, 1.807) is 13.0 Å². The van der Waals surface area contributed by atoms with Crippen molar-refractivity contribution in [3.05, 3.63) is 35.1 Å². The largest absolute Gasteiger partial charge is 0.481 e. The molecular weight excluding hydrogens is 273 g/mol. The van der Waals surface area contributed by atoms with E-state index in [4.69, 9.17) is 0 Å². The summed E-state index contributed by atoms with van der Waals surface area (Å²) in [5.74, 6) is -1.59. The minimum atomic E-state index is -0.854. The molecule has 1 heterocycles. The first-order chi connectivity index (χ1) is 9.88. The molecule has 1 amide bonds. The van der Waals surface area contributed by atoms with Gasteiger partial charge in [-0.1, -0.05) is 13.3 Å². The van der Waals surface area contributed by atoms with E-state index in [9.17, 15) is 19.1 Å². The van der Waals surface area contributed by atoms with Crippen LogP contribution in [0, 0.1) is 18.2 Å². The van der Waals surface area contributed by atoms with Crippen molar-refractivity contribution in [1.29, 1.82) is 0 Å². The second kappa shape index (κ2) is 5.84. The zero-order valence-corrected chi connectivity index (χ0v) is 12.4. The summed E-state index contributed by atoms with van der Waals surface area (Å²) in [5.41, 5.74) is 0.105. The van der Waals surface area contributed by atoms with E-state index < -0.39 is 17.2 Å². The molecule has 1 aliphatic rings. The molecular formula is C16H20FNO3. The van der Waals surface area contributed by atoms with Crippen molar-refractivity contribution in [2.45, 2.75) is 33.1 Å². The Balaban J connectivity index is 2.20. The van der Waals surface area contributed by atoms with E-state index >= 15 is 0 Å². The summed E-state index contributed by atoms with van der Waals surface area (Å²) in [6.45, 7) is 4.26. The minimum Gasteiger partial charge on any atom is -0.481 e. The number of nitrogens with zero attached hydrogens (tertiary/aromatic N) is 1. The number of likely N-dealkylation sites (tertiary alicyclic amines) is 1. The molecule has 2 rings (SSSR count). The number of carbonyl (C=O) groups excluding carboxylic acids is 1. The number of rotatable bonds is 4. The molecule has 1 aliphatic heterocycles. The van der Waals surface area contributed by atoms with Crippen LogP contribution in [-0.4, -0.2) is 35.0 Å². The van der Waals surface area contributed by atoms with Crippen molar-refractivity contribution in [3.63, 3.8) is 0 Å². The van der Waals surface area contributed by atoms with Gasteiger partial charge in [-0.3, -0.25) is 9.59 Å². The molecule has 0 bridgehead atoms. The third kappa shape index (κ3) is 3.06. The number of carboxylic acids is 1. The summed E-state index contributed by atoms with van der Waals surface area (Å²) < 4.78 is 13.4. The number of halogens is 1. The number of aryl methyl sites for hydroxylation is 1. The second-order valence-electron chi connectivity index (χ2n) is 5.83. The molecule has 1 N–H and O–H groups in total. The van der Waals surface area contributed by atoms with Crippen molar-refractivity contribution >= 4 is 11.9 Å². The van der Waals surface area contributed by atoms with Crippen molar-refractivity contribution in [3.8, 4) is 0 Å². The van der Waals surface area contributed by atoms with Gasteiger partial charge in [0.15, 0.2) is 0 Å². The van der Waals surface area contributed by atoms with Gasteiger partial charge < -0.3 is 10.0 Å². The third-order valence-electron chi connectivity index (χ3n) is 4.11. The van der Waals surface area contributed by atoms with Gasteiger partial charge in [-0.05, 0) is 43.5 Å². The molecule has 0 spiro atoms. The maximum absolute atomic E-state index is 13.4. The molecule has 1 aromatic rings. The van der Waals surface area contributed by atoms with Crippen molar-refractivity contribution in [2.24, 2.45) is 5.41 Å². The number of hydrogen-bond donors (Lipinski definition) is 1. The smallest absolute Gasteiger partial charge is 0.311 e. The molecule has 5 heteroatoms. The third-order valence-corrected chi connectivity index (χ3v) is 4.11. The SMILES string of the molecule is CCCC1(C(=O)O)CCN(C(=O)c2cc(C)cc(F)c2)C1. The fourth-order valence-electron chi connectivity index (χ4n) is 3.05. The Morgan fingerprint density at radius 1 is 1.38 bits per heavy atom. The van der Waals surface area contributed by atoms with Gasteiger partial charge in [0.05, 0.1) is 5.41 Å². The molecule has 114 valence electrons. The minimum absolute atomic E-state index is 0.199. The lowest BCUT2D eigenvalue weighted by molar-refractivity contribution is -0.148. The molecule has 1 atom stereocenters. The molecule has 1 fully saturated rings. The Hall–Kier alpha value is -1.91. The van der Waals surface area contributed by atoms with Gasteiger partial charge in [-0.15, -0.1) is 0 Å². The summed E-state index contributed by atoms with van der Waals surface area (Å²) in [6, 6.07) is 4.20. The van der Waals surface area contributed by atoms with E-state index in [0.29, 0.717) is 24.9 Å².